The van der Waals surface area contributed by atoms with Crippen molar-refractivity contribution in [1.82, 2.24) is 15.5 Å². The summed E-state index contributed by atoms with van der Waals surface area (Å²) >= 11 is 13.2. The fourth-order valence-electron chi connectivity index (χ4n) is 11.4. The number of hydrogen-bond donors (Lipinski definition) is 4. The number of anilines is 3. The first kappa shape index (κ1) is 50.2. The summed E-state index contributed by atoms with van der Waals surface area (Å²) in [5.74, 6) is -2.34. The summed E-state index contributed by atoms with van der Waals surface area (Å²) in [7, 11) is -3.96. The lowest BCUT2D eigenvalue weighted by atomic mass is 9.34. The van der Waals surface area contributed by atoms with Gasteiger partial charge in [0.25, 0.3) is 11.8 Å². The van der Waals surface area contributed by atoms with Gasteiger partial charge in [-0.3, -0.25) is 38.5 Å². The largest absolute Gasteiger partial charge is 0.424 e. The number of benzene rings is 4. The van der Waals surface area contributed by atoms with Gasteiger partial charge in [-0.15, -0.1) is 23.2 Å². The highest BCUT2D eigenvalue weighted by Gasteiger charge is 2.76. The van der Waals surface area contributed by atoms with Crippen molar-refractivity contribution in [2.45, 2.75) is 89.6 Å². The number of hydrogen-bond acceptors (Lipinski definition) is 9. The minimum Gasteiger partial charge on any atom is -0.424 e. The maximum Gasteiger partial charge on any atom is 0.373 e. The molecule has 4 N–H and O–H groups in total. The summed E-state index contributed by atoms with van der Waals surface area (Å²) in [6.45, 7) is 7.15. The van der Waals surface area contributed by atoms with Gasteiger partial charge in [0.1, 0.15) is 17.8 Å². The van der Waals surface area contributed by atoms with E-state index in [1.165, 1.54) is 12.2 Å². The van der Waals surface area contributed by atoms with Gasteiger partial charge in [-0.25, -0.2) is 4.57 Å². The molecule has 3 heterocycles. The maximum absolute atomic E-state index is 14.9. The van der Waals surface area contributed by atoms with Gasteiger partial charge in [-0.1, -0.05) is 68.8 Å². The van der Waals surface area contributed by atoms with Gasteiger partial charge in [-0.2, -0.15) is 0 Å². The number of nitrogens with zero attached hydrogens (tertiary/aromatic N) is 3. The molecule has 0 aromatic heterocycles. The lowest BCUT2D eigenvalue weighted by Crippen LogP contribution is -2.73. The molecule has 0 radical (unpaired) electrons. The van der Waals surface area contributed by atoms with Crippen molar-refractivity contribution in [3.05, 3.63) is 83.9 Å². The molecule has 3 aliphatic heterocycles. The van der Waals surface area contributed by atoms with Crippen LogP contribution in [0.1, 0.15) is 88.7 Å². The highest BCUT2D eigenvalue weighted by atomic mass is 35.5. The highest BCUT2D eigenvalue weighted by molar-refractivity contribution is 7.52. The van der Waals surface area contributed by atoms with Gasteiger partial charge in [-0.05, 0) is 72.9 Å². The number of unbranched alkanes of at least 4 members (excludes halogenated alkanes) is 2. The van der Waals surface area contributed by atoms with Crippen molar-refractivity contribution in [2.24, 2.45) is 16.7 Å². The van der Waals surface area contributed by atoms with E-state index < -0.39 is 42.3 Å². The van der Waals surface area contributed by atoms with Crippen LogP contribution >= 0.6 is 30.8 Å². The summed E-state index contributed by atoms with van der Waals surface area (Å²) in [6.07, 6.45) is 5.28. The molecule has 6 aliphatic rings. The summed E-state index contributed by atoms with van der Waals surface area (Å²) in [5, 5.41) is 11.5. The van der Waals surface area contributed by atoms with E-state index in [0.29, 0.717) is 74.1 Å². The van der Waals surface area contributed by atoms with E-state index in [0.717, 1.165) is 38.9 Å². The first-order valence-corrected chi connectivity index (χ1v) is 27.2. The number of imide groups is 1. The fourth-order valence-corrected chi connectivity index (χ4v) is 12.5. The topological polar surface area (TPSA) is 212 Å². The molecule has 19 heteroatoms. The Labute approximate surface area is 421 Å². The monoisotopic (exact) mass is 1030 g/mol. The minimum atomic E-state index is -3.96. The lowest BCUT2D eigenvalue weighted by molar-refractivity contribution is -0.205. The van der Waals surface area contributed by atoms with Crippen LogP contribution in [0.2, 0.25) is 0 Å². The Balaban J connectivity index is 0.871. The average Bonchev–Trinajstić information content (AvgIpc) is 3.98. The predicted octanol–water partition coefficient (Wildman–Crippen LogP) is 7.46. The number of fused-ring (bicyclic) bond motifs is 6. The van der Waals surface area contributed by atoms with Crippen LogP contribution in [0.5, 0.6) is 5.75 Å². The Hall–Kier alpha value is -5.80. The van der Waals surface area contributed by atoms with E-state index >= 15 is 0 Å². The minimum absolute atomic E-state index is 0.118. The van der Waals surface area contributed by atoms with Gasteiger partial charge < -0.3 is 35.2 Å². The third-order valence-corrected chi connectivity index (χ3v) is 16.1. The normalized spacial score (nSPS) is 23.5. The summed E-state index contributed by atoms with van der Waals surface area (Å²) < 4.78 is 18.0. The molecule has 1 unspecified atom stereocenters. The standard InChI is InChI=1S/C52H57Cl2N6O10P/c1-29(2)46(57-41(61)16-6-5-11-19-58-42(62)17-18-43(58)63)48(65)55-30(3)47(64)56-37-20-38-44(35-14-9-7-12-33(35)37)31(22-53)24-59(38)49(66)51-26-52(27-51,28-51)50(67)60-25-32(23-54)45-36-15-10-8-13-34(36)40(21-39(45)60)70-71(4,68)69/h7-10,12-15,17-18,20-21,29-32,46H,5-6,11,16,19,22-28H2,1-4H3,(H,55,65)(H,56,64)(H,57,61)(H,68,69)/t30-,31+,32+,46-,51?,52?/m0/s1. The zero-order valence-electron chi connectivity index (χ0n) is 40.0. The molecule has 3 aliphatic carbocycles. The van der Waals surface area contributed by atoms with E-state index in [2.05, 4.69) is 16.0 Å². The third-order valence-electron chi connectivity index (χ3n) is 14.8. The molecule has 7 amide bonds. The number of nitrogens with one attached hydrogen (secondary N) is 3. The van der Waals surface area contributed by atoms with Crippen molar-refractivity contribution in [2.75, 3.05) is 53.2 Å². The Morgan fingerprint density at radius 2 is 1.27 bits per heavy atom. The van der Waals surface area contributed by atoms with Crippen LogP contribution in [-0.4, -0.2) is 101 Å². The SMILES string of the molecule is CC(C)[C@H](NC(=O)CCCCCN1C(=O)C=CC1=O)C(=O)N[C@@H](C)C(=O)Nc1cc2c(c3ccccc13)[C@H](CCl)CN2C(=O)C12CC(C(=O)N3C[C@@H](CCl)c4c3cc(OP(C)(=O)O)c3ccccc43)(C1)C2. The summed E-state index contributed by atoms with van der Waals surface area (Å²) in [6, 6.07) is 16.4. The number of carbonyl (C=O) groups excluding carboxylic acids is 7. The Morgan fingerprint density at radius 3 is 1.80 bits per heavy atom. The van der Waals surface area contributed by atoms with E-state index in [4.69, 9.17) is 27.7 Å². The number of amides is 7. The van der Waals surface area contributed by atoms with Crippen LogP contribution in [0.15, 0.2) is 72.8 Å². The van der Waals surface area contributed by atoms with E-state index in [-0.39, 0.29) is 77.8 Å². The Morgan fingerprint density at radius 1 is 0.746 bits per heavy atom. The van der Waals surface area contributed by atoms with E-state index in [1.807, 2.05) is 48.5 Å². The molecule has 4 aromatic carbocycles. The van der Waals surface area contributed by atoms with Crippen molar-refractivity contribution in [3.8, 4) is 5.75 Å². The number of rotatable bonds is 18. The maximum atomic E-state index is 14.9. The van der Waals surface area contributed by atoms with Gasteiger partial charge in [0.05, 0.1) is 22.2 Å². The predicted molar refractivity (Wildman–Crippen MR) is 272 cm³/mol. The second kappa shape index (κ2) is 19.3. The van der Waals surface area contributed by atoms with Crippen LogP contribution in [-0.2, 0) is 38.1 Å². The zero-order chi connectivity index (χ0) is 50.7. The third kappa shape index (κ3) is 9.21. The fraction of sp³-hybridized carbons (Fsp3) is 0.442. The van der Waals surface area contributed by atoms with Gasteiger partial charge in [0.2, 0.25) is 29.5 Å². The van der Waals surface area contributed by atoms with Crippen molar-refractivity contribution < 1.29 is 47.5 Å². The molecule has 0 spiro atoms. The van der Waals surface area contributed by atoms with Crippen LogP contribution in [0.4, 0.5) is 17.1 Å². The van der Waals surface area contributed by atoms with Gasteiger partial charge in [0.15, 0.2) is 0 Å². The number of alkyl halides is 2. The molecule has 5 atom stereocenters. The second-order valence-electron chi connectivity index (χ2n) is 20.3. The molecule has 3 saturated carbocycles. The van der Waals surface area contributed by atoms with Crippen molar-refractivity contribution in [1.29, 1.82) is 0 Å². The average molecular weight is 1030 g/mol. The van der Waals surface area contributed by atoms with E-state index in [9.17, 15) is 43.0 Å². The number of halogens is 2. The first-order valence-electron chi connectivity index (χ1n) is 24.1. The molecule has 10 rings (SSSR count). The molecule has 71 heavy (non-hydrogen) atoms. The van der Waals surface area contributed by atoms with Crippen LogP contribution in [0.25, 0.3) is 21.5 Å². The second-order valence-corrected chi connectivity index (χ2v) is 22.7. The molecule has 4 aromatic rings. The molecule has 0 saturated heterocycles. The van der Waals surface area contributed by atoms with Gasteiger partial charge in [0, 0.05) is 91.0 Å². The van der Waals surface area contributed by atoms with Gasteiger partial charge >= 0.3 is 7.60 Å². The first-order chi connectivity index (χ1) is 33.8. The van der Waals surface area contributed by atoms with Crippen LogP contribution in [0, 0.1) is 16.7 Å². The lowest BCUT2D eigenvalue weighted by Gasteiger charge is -2.69. The van der Waals surface area contributed by atoms with Crippen LogP contribution < -0.4 is 30.3 Å². The molecular formula is C52H57Cl2N6O10P. The number of carbonyl (C=O) groups is 7. The Bertz CT molecular complexity index is 2950. The molecular weight excluding hydrogens is 970 g/mol. The quantitative estimate of drug-likeness (QED) is 0.0334. The zero-order valence-corrected chi connectivity index (χ0v) is 42.4. The summed E-state index contributed by atoms with van der Waals surface area (Å²) in [5.41, 5.74) is 1.84. The van der Waals surface area contributed by atoms with Crippen molar-refractivity contribution >= 4 is 111 Å². The highest BCUT2D eigenvalue weighted by Crippen LogP contribution is 2.75. The molecule has 3 fully saturated rings. The summed E-state index contributed by atoms with van der Waals surface area (Å²) in [4.78, 5) is 108. The van der Waals surface area contributed by atoms with E-state index in [1.54, 1.807) is 42.7 Å². The van der Waals surface area contributed by atoms with Crippen molar-refractivity contribution in [3.63, 3.8) is 0 Å². The Kier molecular flexibility index (Phi) is 13.6. The molecule has 2 bridgehead atoms. The molecule has 374 valence electrons. The van der Waals surface area contributed by atoms with Crippen LogP contribution in [0.3, 0.4) is 0 Å². The smallest absolute Gasteiger partial charge is 0.373 e. The molecule has 16 nitrogen and oxygen atoms in total.